The van der Waals surface area contributed by atoms with Crippen molar-refractivity contribution in [3.05, 3.63) is 47.3 Å². The molecule has 1 N–H and O–H groups in total. The zero-order valence-corrected chi connectivity index (χ0v) is 13.2. The standard InChI is InChI=1S/C16H19F2N3O2/c1-10-7-11(2)21(20-10)9-15(22)19-12(3)13-5-4-6-14(8-13)23-16(17)18/h4-8,12,16H,9H2,1-3H3,(H,19,22)/t12-/m0/s1. The maximum Gasteiger partial charge on any atom is 0.387 e. The quantitative estimate of drug-likeness (QED) is 0.889. The normalized spacial score (nSPS) is 12.3. The number of ether oxygens (including phenoxy) is 1. The zero-order chi connectivity index (χ0) is 17.0. The van der Waals surface area contributed by atoms with E-state index in [1.54, 1.807) is 23.7 Å². The Morgan fingerprint density at radius 3 is 2.70 bits per heavy atom. The smallest absolute Gasteiger partial charge is 0.387 e. The molecule has 2 rings (SSSR count). The maximum absolute atomic E-state index is 12.2. The summed E-state index contributed by atoms with van der Waals surface area (Å²) in [5.74, 6) is -0.138. The number of nitrogens with zero attached hydrogens (tertiary/aromatic N) is 2. The molecule has 0 spiro atoms. The molecule has 23 heavy (non-hydrogen) atoms. The van der Waals surface area contributed by atoms with E-state index in [2.05, 4.69) is 15.2 Å². The van der Waals surface area contributed by atoms with Crippen molar-refractivity contribution in [1.82, 2.24) is 15.1 Å². The van der Waals surface area contributed by atoms with Gasteiger partial charge >= 0.3 is 6.61 Å². The Balaban J connectivity index is 1.99. The first-order valence-electron chi connectivity index (χ1n) is 7.20. The van der Waals surface area contributed by atoms with Crippen LogP contribution in [-0.4, -0.2) is 22.3 Å². The van der Waals surface area contributed by atoms with Gasteiger partial charge in [0.05, 0.1) is 11.7 Å². The molecule has 0 fully saturated rings. The molecule has 0 saturated heterocycles. The highest BCUT2D eigenvalue weighted by molar-refractivity contribution is 5.76. The van der Waals surface area contributed by atoms with Crippen LogP contribution in [0.1, 0.15) is 29.9 Å². The topological polar surface area (TPSA) is 56.2 Å². The molecular formula is C16H19F2N3O2. The minimum absolute atomic E-state index is 0.0668. The molecule has 7 heteroatoms. The van der Waals surface area contributed by atoms with Crippen molar-refractivity contribution in [2.24, 2.45) is 0 Å². The molecule has 0 bridgehead atoms. The average Bonchev–Trinajstić information content (AvgIpc) is 2.76. The van der Waals surface area contributed by atoms with E-state index < -0.39 is 6.61 Å². The predicted molar refractivity (Wildman–Crippen MR) is 81.3 cm³/mol. The van der Waals surface area contributed by atoms with Gasteiger partial charge in [0.1, 0.15) is 12.3 Å². The van der Waals surface area contributed by atoms with Crippen LogP contribution in [0.5, 0.6) is 5.75 Å². The van der Waals surface area contributed by atoms with Gasteiger partial charge in [0, 0.05) is 5.69 Å². The molecule has 1 heterocycles. The van der Waals surface area contributed by atoms with Gasteiger partial charge in [0.2, 0.25) is 5.91 Å². The molecule has 1 aromatic heterocycles. The van der Waals surface area contributed by atoms with Crippen LogP contribution in [0.25, 0.3) is 0 Å². The van der Waals surface area contributed by atoms with Gasteiger partial charge in [-0.05, 0) is 44.5 Å². The number of halogens is 2. The second kappa shape index (κ2) is 7.21. The van der Waals surface area contributed by atoms with Crippen LogP contribution >= 0.6 is 0 Å². The van der Waals surface area contributed by atoms with Gasteiger partial charge in [-0.1, -0.05) is 12.1 Å². The number of carbonyl (C=O) groups excluding carboxylic acids is 1. The number of benzene rings is 1. The molecule has 0 saturated carbocycles. The number of nitrogens with one attached hydrogen (secondary N) is 1. The van der Waals surface area contributed by atoms with Gasteiger partial charge in [-0.2, -0.15) is 13.9 Å². The summed E-state index contributed by atoms with van der Waals surface area (Å²) in [6, 6.07) is 7.84. The molecule has 1 amide bonds. The van der Waals surface area contributed by atoms with E-state index in [9.17, 15) is 13.6 Å². The van der Waals surface area contributed by atoms with E-state index >= 15 is 0 Å². The first-order valence-corrected chi connectivity index (χ1v) is 7.20. The lowest BCUT2D eigenvalue weighted by Gasteiger charge is -2.16. The fourth-order valence-corrected chi connectivity index (χ4v) is 2.30. The Kier molecular flexibility index (Phi) is 5.31. The number of alkyl halides is 2. The Labute approximate surface area is 133 Å². The van der Waals surface area contributed by atoms with Crippen LogP contribution in [-0.2, 0) is 11.3 Å². The van der Waals surface area contributed by atoms with E-state index in [1.807, 2.05) is 19.9 Å². The lowest BCUT2D eigenvalue weighted by Crippen LogP contribution is -2.30. The third-order valence-corrected chi connectivity index (χ3v) is 3.36. The predicted octanol–water partition coefficient (Wildman–Crippen LogP) is 2.98. The van der Waals surface area contributed by atoms with Gasteiger partial charge in [-0.25, -0.2) is 0 Å². The molecule has 1 aromatic carbocycles. The minimum Gasteiger partial charge on any atom is -0.435 e. The van der Waals surface area contributed by atoms with Crippen molar-refractivity contribution >= 4 is 5.91 Å². The van der Waals surface area contributed by atoms with Crippen LogP contribution in [0.15, 0.2) is 30.3 Å². The highest BCUT2D eigenvalue weighted by Gasteiger charge is 2.13. The average molecular weight is 323 g/mol. The monoisotopic (exact) mass is 323 g/mol. The number of hydrogen-bond acceptors (Lipinski definition) is 3. The number of aryl methyl sites for hydroxylation is 2. The van der Waals surface area contributed by atoms with Gasteiger partial charge in [0.25, 0.3) is 0 Å². The molecule has 0 aliphatic carbocycles. The van der Waals surface area contributed by atoms with Crippen LogP contribution in [0, 0.1) is 13.8 Å². The summed E-state index contributed by atoms with van der Waals surface area (Å²) in [6.07, 6.45) is 0. The summed E-state index contributed by atoms with van der Waals surface area (Å²) in [5.41, 5.74) is 2.43. The summed E-state index contributed by atoms with van der Waals surface area (Å²) >= 11 is 0. The highest BCUT2D eigenvalue weighted by atomic mass is 19.3. The summed E-state index contributed by atoms with van der Waals surface area (Å²) in [7, 11) is 0. The van der Waals surface area contributed by atoms with Crippen LogP contribution in [0.4, 0.5) is 8.78 Å². The number of carbonyl (C=O) groups is 1. The van der Waals surface area contributed by atoms with E-state index in [0.29, 0.717) is 5.56 Å². The molecule has 5 nitrogen and oxygen atoms in total. The minimum atomic E-state index is -2.87. The van der Waals surface area contributed by atoms with Crippen molar-refractivity contribution < 1.29 is 18.3 Å². The molecule has 0 aliphatic rings. The first-order chi connectivity index (χ1) is 10.8. The Bertz CT molecular complexity index is 686. The summed E-state index contributed by atoms with van der Waals surface area (Å²) in [5, 5.41) is 7.05. The Hall–Kier alpha value is -2.44. The van der Waals surface area contributed by atoms with Crippen molar-refractivity contribution in [1.29, 1.82) is 0 Å². The Morgan fingerprint density at radius 1 is 1.35 bits per heavy atom. The highest BCUT2D eigenvalue weighted by Crippen LogP contribution is 2.20. The molecular weight excluding hydrogens is 304 g/mol. The van der Waals surface area contributed by atoms with Crippen LogP contribution < -0.4 is 10.1 Å². The Morgan fingerprint density at radius 2 is 2.09 bits per heavy atom. The van der Waals surface area contributed by atoms with E-state index in [1.165, 1.54) is 12.1 Å². The fourth-order valence-electron chi connectivity index (χ4n) is 2.30. The lowest BCUT2D eigenvalue weighted by atomic mass is 10.1. The van der Waals surface area contributed by atoms with Gasteiger partial charge in [-0.15, -0.1) is 0 Å². The van der Waals surface area contributed by atoms with E-state index in [0.717, 1.165) is 11.4 Å². The number of aromatic nitrogens is 2. The van der Waals surface area contributed by atoms with Crippen LogP contribution in [0.2, 0.25) is 0 Å². The molecule has 0 unspecified atom stereocenters. The molecule has 0 radical (unpaired) electrons. The van der Waals surface area contributed by atoms with E-state index in [4.69, 9.17) is 0 Å². The fraction of sp³-hybridized carbons (Fsp3) is 0.375. The number of hydrogen-bond donors (Lipinski definition) is 1. The molecule has 1 atom stereocenters. The van der Waals surface area contributed by atoms with Gasteiger partial charge in [-0.3, -0.25) is 9.48 Å². The van der Waals surface area contributed by atoms with Crippen molar-refractivity contribution in [3.63, 3.8) is 0 Å². The van der Waals surface area contributed by atoms with Gasteiger partial charge < -0.3 is 10.1 Å². The maximum atomic E-state index is 12.2. The third kappa shape index (κ3) is 4.77. The largest absolute Gasteiger partial charge is 0.435 e. The van der Waals surface area contributed by atoms with Gasteiger partial charge in [0.15, 0.2) is 0 Å². The summed E-state index contributed by atoms with van der Waals surface area (Å²) in [4.78, 5) is 12.1. The number of rotatable bonds is 6. The summed E-state index contributed by atoms with van der Waals surface area (Å²) < 4.78 is 30.5. The molecule has 0 aliphatic heterocycles. The second-order valence-electron chi connectivity index (χ2n) is 5.32. The SMILES string of the molecule is Cc1cc(C)n(CC(=O)N[C@@H](C)c2cccc(OC(F)F)c2)n1. The van der Waals surface area contributed by atoms with Crippen molar-refractivity contribution in [2.75, 3.05) is 0 Å². The lowest BCUT2D eigenvalue weighted by molar-refractivity contribution is -0.122. The first kappa shape index (κ1) is 16.9. The zero-order valence-electron chi connectivity index (χ0n) is 13.2. The summed E-state index contributed by atoms with van der Waals surface area (Å²) in [6.45, 7) is 2.75. The van der Waals surface area contributed by atoms with Crippen molar-refractivity contribution in [2.45, 2.75) is 40.0 Å². The van der Waals surface area contributed by atoms with Crippen LogP contribution in [0.3, 0.4) is 0 Å². The third-order valence-electron chi connectivity index (χ3n) is 3.36. The number of amides is 1. The second-order valence-corrected chi connectivity index (χ2v) is 5.32. The molecule has 124 valence electrons. The van der Waals surface area contributed by atoms with E-state index in [-0.39, 0.29) is 24.2 Å². The molecule has 2 aromatic rings. The van der Waals surface area contributed by atoms with Crippen molar-refractivity contribution in [3.8, 4) is 5.75 Å².